The zero-order chi connectivity index (χ0) is 18.6. The molecule has 0 aromatic heterocycles. The molecule has 2 aromatic carbocycles. The molecule has 1 unspecified atom stereocenters. The fourth-order valence-corrected chi connectivity index (χ4v) is 4.86. The van der Waals surface area contributed by atoms with E-state index in [1.54, 1.807) is 12.1 Å². The van der Waals surface area contributed by atoms with Crippen LogP contribution in [0.3, 0.4) is 0 Å². The second-order valence-electron chi connectivity index (χ2n) is 7.07. The Morgan fingerprint density at radius 1 is 1.04 bits per heavy atom. The van der Waals surface area contributed by atoms with Gasteiger partial charge in [0.25, 0.3) is 10.0 Å². The molecule has 2 aromatic rings. The molecule has 0 bridgehead atoms. The Hall–Kier alpha value is -1.56. The third-order valence-electron chi connectivity index (χ3n) is 5.16. The molecule has 1 saturated carbocycles. The van der Waals surface area contributed by atoms with Gasteiger partial charge < -0.3 is 4.90 Å². The number of sulfonamides is 1. The van der Waals surface area contributed by atoms with Crippen molar-refractivity contribution in [3.63, 3.8) is 0 Å². The quantitative estimate of drug-likeness (QED) is 0.789. The molecule has 0 saturated heterocycles. The molecule has 26 heavy (non-hydrogen) atoms. The van der Waals surface area contributed by atoms with Crippen LogP contribution in [0.1, 0.15) is 37.7 Å². The number of hydrogen-bond acceptors (Lipinski definition) is 2. The summed E-state index contributed by atoms with van der Waals surface area (Å²) in [5.41, 5.74) is 1.67. The molecule has 0 radical (unpaired) electrons. The number of benzene rings is 2. The molecule has 1 atom stereocenters. The summed E-state index contributed by atoms with van der Waals surface area (Å²) in [5.74, 6) is 0. The summed E-state index contributed by atoms with van der Waals surface area (Å²) < 4.78 is 28.1. The third kappa shape index (κ3) is 4.78. The van der Waals surface area contributed by atoms with Crippen molar-refractivity contribution in [3.05, 3.63) is 59.1 Å². The average Bonchev–Trinajstić information content (AvgIpc) is 2.64. The lowest BCUT2D eigenvalue weighted by Gasteiger charge is -2.28. The molecule has 0 spiro atoms. The molecule has 0 heterocycles. The molecule has 1 fully saturated rings. The average molecular weight is 394 g/mol. The maximum absolute atomic E-state index is 12.7. The lowest BCUT2D eigenvalue weighted by molar-refractivity contribution is -0.921. The molecular formula is C20H26ClN2O2S+. The van der Waals surface area contributed by atoms with Gasteiger partial charge in [-0.2, -0.15) is 0 Å². The zero-order valence-corrected chi connectivity index (χ0v) is 16.6. The van der Waals surface area contributed by atoms with E-state index in [1.165, 1.54) is 49.1 Å². The predicted octanol–water partition coefficient (Wildman–Crippen LogP) is 3.49. The number of rotatable bonds is 6. The summed E-state index contributed by atoms with van der Waals surface area (Å²) in [5, 5.41) is 0.516. The second kappa shape index (κ2) is 8.42. The lowest BCUT2D eigenvalue weighted by Crippen LogP contribution is -3.11. The minimum Gasteiger partial charge on any atom is -0.331 e. The molecule has 6 heteroatoms. The first kappa shape index (κ1) is 19.2. The van der Waals surface area contributed by atoms with Crippen LogP contribution in [-0.4, -0.2) is 21.5 Å². The second-order valence-corrected chi connectivity index (χ2v) is 9.19. The highest BCUT2D eigenvalue weighted by atomic mass is 35.5. The van der Waals surface area contributed by atoms with Crippen LogP contribution in [0.25, 0.3) is 0 Å². The van der Waals surface area contributed by atoms with Gasteiger partial charge in [0.2, 0.25) is 0 Å². The largest absolute Gasteiger partial charge is 0.331 e. The summed E-state index contributed by atoms with van der Waals surface area (Å²) in [7, 11) is -1.42. The molecule has 3 rings (SSSR count). The molecule has 0 aliphatic heterocycles. The van der Waals surface area contributed by atoms with Crippen LogP contribution in [0.2, 0.25) is 5.02 Å². The molecule has 4 nitrogen and oxygen atoms in total. The minimum atomic E-state index is -3.63. The Morgan fingerprint density at radius 2 is 1.69 bits per heavy atom. The van der Waals surface area contributed by atoms with Gasteiger partial charge in [0.1, 0.15) is 6.54 Å². The van der Waals surface area contributed by atoms with E-state index >= 15 is 0 Å². The van der Waals surface area contributed by atoms with E-state index in [0.717, 1.165) is 12.1 Å². The summed E-state index contributed by atoms with van der Waals surface area (Å²) in [6.45, 7) is 0.810. The number of anilines is 1. The fourth-order valence-electron chi connectivity index (χ4n) is 3.63. The number of hydrogen-bond donors (Lipinski definition) is 2. The summed E-state index contributed by atoms with van der Waals surface area (Å²) in [6.07, 6.45) is 6.44. The van der Waals surface area contributed by atoms with Gasteiger partial charge >= 0.3 is 0 Å². The Labute approximate surface area is 161 Å². The van der Waals surface area contributed by atoms with Crippen molar-refractivity contribution in [1.82, 2.24) is 0 Å². The number of halogens is 1. The minimum absolute atomic E-state index is 0.213. The SMILES string of the molecule is C[NH+](Cc1ccccc1NS(=O)(=O)c1ccc(Cl)cc1)C1CCCCC1. The van der Waals surface area contributed by atoms with Crippen LogP contribution in [0.15, 0.2) is 53.4 Å². The lowest BCUT2D eigenvalue weighted by atomic mass is 9.94. The molecule has 1 aliphatic carbocycles. The van der Waals surface area contributed by atoms with Crippen LogP contribution in [-0.2, 0) is 16.6 Å². The molecule has 2 N–H and O–H groups in total. The van der Waals surface area contributed by atoms with Gasteiger partial charge in [-0.3, -0.25) is 4.72 Å². The maximum atomic E-state index is 12.7. The molecule has 1 aliphatic rings. The fraction of sp³-hybridized carbons (Fsp3) is 0.400. The highest BCUT2D eigenvalue weighted by molar-refractivity contribution is 7.92. The van der Waals surface area contributed by atoms with Crippen LogP contribution < -0.4 is 9.62 Å². The zero-order valence-electron chi connectivity index (χ0n) is 15.0. The number of para-hydroxylation sites is 1. The van der Waals surface area contributed by atoms with Crippen LogP contribution >= 0.6 is 11.6 Å². The van der Waals surface area contributed by atoms with E-state index in [1.807, 2.05) is 24.3 Å². The van der Waals surface area contributed by atoms with Crippen molar-refractivity contribution in [2.24, 2.45) is 0 Å². The Balaban J connectivity index is 1.77. The van der Waals surface area contributed by atoms with Gasteiger partial charge in [0, 0.05) is 10.6 Å². The first-order chi connectivity index (χ1) is 12.5. The van der Waals surface area contributed by atoms with Crippen LogP contribution in [0, 0.1) is 0 Å². The monoisotopic (exact) mass is 393 g/mol. The van der Waals surface area contributed by atoms with Gasteiger partial charge in [-0.1, -0.05) is 36.2 Å². The normalized spacial score (nSPS) is 17.0. The summed E-state index contributed by atoms with van der Waals surface area (Å²) in [6, 6.07) is 14.5. The molecular weight excluding hydrogens is 368 g/mol. The van der Waals surface area contributed by atoms with E-state index < -0.39 is 10.0 Å². The molecule has 0 amide bonds. The first-order valence-electron chi connectivity index (χ1n) is 9.14. The Bertz CT molecular complexity index is 831. The van der Waals surface area contributed by atoms with E-state index in [9.17, 15) is 8.42 Å². The number of nitrogens with one attached hydrogen (secondary N) is 2. The van der Waals surface area contributed by atoms with Crippen molar-refractivity contribution in [1.29, 1.82) is 0 Å². The van der Waals surface area contributed by atoms with Gasteiger partial charge in [0.15, 0.2) is 0 Å². The van der Waals surface area contributed by atoms with Gasteiger partial charge in [-0.15, -0.1) is 0 Å². The van der Waals surface area contributed by atoms with E-state index in [0.29, 0.717) is 16.8 Å². The van der Waals surface area contributed by atoms with E-state index in [2.05, 4.69) is 11.8 Å². The Morgan fingerprint density at radius 3 is 2.38 bits per heavy atom. The van der Waals surface area contributed by atoms with E-state index in [-0.39, 0.29) is 4.90 Å². The van der Waals surface area contributed by atoms with Crippen molar-refractivity contribution < 1.29 is 13.3 Å². The topological polar surface area (TPSA) is 50.6 Å². The van der Waals surface area contributed by atoms with Crippen molar-refractivity contribution in [3.8, 4) is 0 Å². The van der Waals surface area contributed by atoms with Crippen molar-refractivity contribution >= 4 is 27.3 Å². The first-order valence-corrected chi connectivity index (χ1v) is 11.0. The summed E-state index contributed by atoms with van der Waals surface area (Å²) in [4.78, 5) is 1.66. The highest BCUT2D eigenvalue weighted by Crippen LogP contribution is 2.21. The Kier molecular flexibility index (Phi) is 6.22. The van der Waals surface area contributed by atoms with Crippen LogP contribution in [0.5, 0.6) is 0 Å². The molecule has 140 valence electrons. The third-order valence-corrected chi connectivity index (χ3v) is 6.79. The summed E-state index contributed by atoms with van der Waals surface area (Å²) >= 11 is 5.86. The van der Waals surface area contributed by atoms with Gasteiger partial charge in [0.05, 0.1) is 23.7 Å². The maximum Gasteiger partial charge on any atom is 0.261 e. The van der Waals surface area contributed by atoms with Gasteiger partial charge in [-0.05, 0) is 56.0 Å². The predicted molar refractivity (Wildman–Crippen MR) is 106 cm³/mol. The number of quaternary nitrogens is 1. The highest BCUT2D eigenvalue weighted by Gasteiger charge is 2.23. The van der Waals surface area contributed by atoms with E-state index in [4.69, 9.17) is 11.6 Å². The van der Waals surface area contributed by atoms with Crippen molar-refractivity contribution in [2.75, 3.05) is 11.8 Å². The van der Waals surface area contributed by atoms with Crippen molar-refractivity contribution in [2.45, 2.75) is 49.6 Å². The smallest absolute Gasteiger partial charge is 0.261 e. The van der Waals surface area contributed by atoms with Crippen LogP contribution in [0.4, 0.5) is 5.69 Å². The standard InChI is InChI=1S/C20H25ClN2O2S/c1-23(18-8-3-2-4-9-18)15-16-7-5-6-10-20(16)22-26(24,25)19-13-11-17(21)12-14-19/h5-7,10-14,18,22H,2-4,8-9,15H2,1H3/p+1. The van der Waals surface area contributed by atoms with Gasteiger partial charge in [-0.25, -0.2) is 8.42 Å².